The van der Waals surface area contributed by atoms with Crippen LogP contribution >= 0.6 is 0 Å². The van der Waals surface area contributed by atoms with Gasteiger partial charge in [0.2, 0.25) is 0 Å². The minimum Gasteiger partial charge on any atom is -0.369 e. The van der Waals surface area contributed by atoms with E-state index in [0.29, 0.717) is 13.0 Å². The van der Waals surface area contributed by atoms with E-state index in [1.54, 1.807) is 14.0 Å². The molecule has 0 aromatic heterocycles. The zero-order chi connectivity index (χ0) is 12.9. The van der Waals surface area contributed by atoms with Crippen LogP contribution in [0, 0.1) is 0 Å². The maximum Gasteiger partial charge on any atom is 0.256 e. The molecule has 0 fully saturated rings. The Morgan fingerprint density at radius 3 is 2.76 bits per heavy atom. The Hall–Kier alpha value is -1.39. The quantitative estimate of drug-likeness (QED) is 0.820. The second-order valence-corrected chi connectivity index (χ2v) is 4.15. The number of methoxy groups -OCH3 is 1. The molecule has 0 aliphatic carbocycles. The summed E-state index contributed by atoms with van der Waals surface area (Å²) >= 11 is 0. The van der Waals surface area contributed by atoms with Gasteiger partial charge < -0.3 is 15.8 Å². The first kappa shape index (κ1) is 13.7. The Bertz CT molecular complexity index is 387. The van der Waals surface area contributed by atoms with Crippen LogP contribution in [0.3, 0.4) is 0 Å². The first-order valence-corrected chi connectivity index (χ1v) is 5.71. The van der Waals surface area contributed by atoms with Gasteiger partial charge in [0, 0.05) is 19.3 Å². The van der Waals surface area contributed by atoms with Gasteiger partial charge in [0.25, 0.3) is 5.91 Å². The van der Waals surface area contributed by atoms with Crippen molar-refractivity contribution in [2.24, 2.45) is 5.73 Å². The van der Waals surface area contributed by atoms with Crippen molar-refractivity contribution in [1.82, 2.24) is 0 Å². The van der Waals surface area contributed by atoms with Gasteiger partial charge in [-0.2, -0.15) is 0 Å². The van der Waals surface area contributed by atoms with E-state index in [1.807, 2.05) is 31.2 Å². The maximum absolute atomic E-state index is 12.0. The van der Waals surface area contributed by atoms with E-state index in [4.69, 9.17) is 10.5 Å². The molecule has 0 saturated carbocycles. The smallest absolute Gasteiger partial charge is 0.256 e. The lowest BCUT2D eigenvalue weighted by Crippen LogP contribution is -2.41. The van der Waals surface area contributed by atoms with Crippen molar-refractivity contribution in [1.29, 1.82) is 0 Å². The zero-order valence-corrected chi connectivity index (χ0v) is 10.6. The summed E-state index contributed by atoms with van der Waals surface area (Å²) < 4.78 is 5.24. The number of ether oxygens (including phenoxy) is 1. The number of carbonyl (C=O) groups excluding carboxylic acids is 1. The highest BCUT2D eigenvalue weighted by Crippen LogP contribution is 2.18. The van der Waals surface area contributed by atoms with Gasteiger partial charge in [-0.05, 0) is 31.0 Å². The fourth-order valence-electron chi connectivity index (χ4n) is 1.44. The molecule has 0 radical (unpaired) electrons. The van der Waals surface area contributed by atoms with Crippen molar-refractivity contribution in [2.45, 2.75) is 32.4 Å². The summed E-state index contributed by atoms with van der Waals surface area (Å²) in [6.45, 7) is 4.15. The van der Waals surface area contributed by atoms with Crippen LogP contribution in [0.25, 0.3) is 0 Å². The Kier molecular flexibility index (Phi) is 4.66. The minimum atomic E-state index is -0.793. The van der Waals surface area contributed by atoms with Crippen LogP contribution in [-0.2, 0) is 16.1 Å². The largest absolute Gasteiger partial charge is 0.369 e. The number of nitrogens with one attached hydrogen (secondary N) is 1. The molecule has 0 bridgehead atoms. The van der Waals surface area contributed by atoms with Crippen molar-refractivity contribution in [3.8, 4) is 0 Å². The summed E-state index contributed by atoms with van der Waals surface area (Å²) in [4.78, 5) is 12.0. The molecule has 0 saturated heterocycles. The number of benzene rings is 1. The number of amides is 1. The molecule has 0 spiro atoms. The molecule has 0 aliphatic heterocycles. The van der Waals surface area contributed by atoms with Crippen LogP contribution in [0.5, 0.6) is 0 Å². The van der Waals surface area contributed by atoms with Gasteiger partial charge >= 0.3 is 0 Å². The van der Waals surface area contributed by atoms with Gasteiger partial charge in [-0.1, -0.05) is 19.1 Å². The summed E-state index contributed by atoms with van der Waals surface area (Å²) in [5, 5.41) is 2.84. The second kappa shape index (κ2) is 5.80. The third-order valence-corrected chi connectivity index (χ3v) is 3.03. The summed E-state index contributed by atoms with van der Waals surface area (Å²) in [7, 11) is 1.54. The number of anilines is 1. The van der Waals surface area contributed by atoms with Gasteiger partial charge in [0.1, 0.15) is 5.60 Å². The van der Waals surface area contributed by atoms with Crippen LogP contribution in [0.2, 0.25) is 0 Å². The molecule has 1 aromatic rings. The van der Waals surface area contributed by atoms with Crippen molar-refractivity contribution in [2.75, 3.05) is 12.4 Å². The predicted molar refractivity (Wildman–Crippen MR) is 68.7 cm³/mol. The third-order valence-electron chi connectivity index (χ3n) is 3.03. The number of hydrogen-bond donors (Lipinski definition) is 2. The fraction of sp³-hybridized carbons (Fsp3) is 0.462. The van der Waals surface area contributed by atoms with E-state index in [9.17, 15) is 4.79 Å². The molecule has 1 aromatic carbocycles. The molecule has 1 amide bonds. The lowest BCUT2D eigenvalue weighted by Gasteiger charge is -2.25. The lowest BCUT2D eigenvalue weighted by molar-refractivity contribution is -0.136. The maximum atomic E-state index is 12.0. The first-order chi connectivity index (χ1) is 8.05. The van der Waals surface area contributed by atoms with Crippen molar-refractivity contribution in [3.63, 3.8) is 0 Å². The minimum absolute atomic E-state index is 0.142. The number of rotatable bonds is 5. The highest BCUT2D eigenvalue weighted by Gasteiger charge is 2.30. The van der Waals surface area contributed by atoms with E-state index in [2.05, 4.69) is 5.32 Å². The zero-order valence-electron chi connectivity index (χ0n) is 10.6. The third kappa shape index (κ3) is 3.28. The number of hydrogen-bond acceptors (Lipinski definition) is 3. The van der Waals surface area contributed by atoms with Gasteiger partial charge in [-0.15, -0.1) is 0 Å². The summed E-state index contributed by atoms with van der Waals surface area (Å²) in [6.07, 6.45) is 0.617. The molecular weight excluding hydrogens is 216 g/mol. The topological polar surface area (TPSA) is 64.3 Å². The monoisotopic (exact) mass is 236 g/mol. The molecule has 4 heteroatoms. The Morgan fingerprint density at radius 1 is 1.53 bits per heavy atom. The first-order valence-electron chi connectivity index (χ1n) is 5.71. The average molecular weight is 236 g/mol. The Balaban J connectivity index is 2.80. The lowest BCUT2D eigenvalue weighted by atomic mass is 10.0. The van der Waals surface area contributed by atoms with Crippen molar-refractivity contribution >= 4 is 11.6 Å². The summed E-state index contributed by atoms with van der Waals surface area (Å²) in [5.74, 6) is -0.142. The molecule has 0 aliphatic rings. The highest BCUT2D eigenvalue weighted by molar-refractivity contribution is 5.97. The van der Waals surface area contributed by atoms with Gasteiger partial charge in [-0.3, -0.25) is 4.79 Å². The molecular formula is C13H20N2O2. The van der Waals surface area contributed by atoms with Crippen molar-refractivity contribution < 1.29 is 9.53 Å². The van der Waals surface area contributed by atoms with Gasteiger partial charge in [0.05, 0.1) is 0 Å². The Morgan fingerprint density at radius 2 is 2.24 bits per heavy atom. The second-order valence-electron chi connectivity index (χ2n) is 4.15. The molecule has 17 heavy (non-hydrogen) atoms. The molecule has 1 unspecified atom stereocenters. The summed E-state index contributed by atoms with van der Waals surface area (Å²) in [5.41, 5.74) is 6.49. The van der Waals surface area contributed by atoms with E-state index in [1.165, 1.54) is 0 Å². The SMILES string of the molecule is CCC(C)(OC)C(=O)Nc1cccc(CN)c1. The fourth-order valence-corrected chi connectivity index (χ4v) is 1.44. The molecule has 3 N–H and O–H groups in total. The number of nitrogens with two attached hydrogens (primary N) is 1. The van der Waals surface area contributed by atoms with Gasteiger partial charge in [-0.25, -0.2) is 0 Å². The Labute approximate surface area is 102 Å². The van der Waals surface area contributed by atoms with Gasteiger partial charge in [0.15, 0.2) is 0 Å². The van der Waals surface area contributed by atoms with E-state index in [0.717, 1.165) is 11.3 Å². The molecule has 0 heterocycles. The van der Waals surface area contributed by atoms with Crippen LogP contribution in [0.4, 0.5) is 5.69 Å². The van der Waals surface area contributed by atoms with E-state index < -0.39 is 5.60 Å². The number of carbonyl (C=O) groups is 1. The molecule has 4 nitrogen and oxygen atoms in total. The van der Waals surface area contributed by atoms with Crippen LogP contribution in [-0.4, -0.2) is 18.6 Å². The average Bonchev–Trinajstić information content (AvgIpc) is 2.37. The standard InChI is InChI=1S/C13H20N2O2/c1-4-13(2,17-3)12(16)15-11-7-5-6-10(8-11)9-14/h5-8H,4,9,14H2,1-3H3,(H,15,16). The van der Waals surface area contributed by atoms with E-state index in [-0.39, 0.29) is 5.91 Å². The molecule has 94 valence electrons. The van der Waals surface area contributed by atoms with Crippen LogP contribution < -0.4 is 11.1 Å². The summed E-state index contributed by atoms with van der Waals surface area (Å²) in [6, 6.07) is 7.49. The van der Waals surface area contributed by atoms with E-state index >= 15 is 0 Å². The molecule has 1 rings (SSSR count). The van der Waals surface area contributed by atoms with Crippen LogP contribution in [0.15, 0.2) is 24.3 Å². The normalized spacial score (nSPS) is 14.1. The van der Waals surface area contributed by atoms with Crippen LogP contribution in [0.1, 0.15) is 25.8 Å². The predicted octanol–water partition coefficient (Wildman–Crippen LogP) is 1.90. The van der Waals surface area contributed by atoms with Crippen molar-refractivity contribution in [3.05, 3.63) is 29.8 Å². The highest BCUT2D eigenvalue weighted by atomic mass is 16.5. The molecule has 1 atom stereocenters.